The molecule has 25 N–H and O–H groups in total. The van der Waals surface area contributed by atoms with Crippen LogP contribution < -0.4 is 37.6 Å². The summed E-state index contributed by atoms with van der Waals surface area (Å²) < 4.78 is 55.8. The minimum absolute atomic E-state index is 0.0217. The van der Waals surface area contributed by atoms with Gasteiger partial charge in [-0.1, -0.05) is 49.6 Å². The van der Waals surface area contributed by atoms with Crippen LogP contribution in [0.5, 0.6) is 0 Å². The molecule has 624 valence electrons. The summed E-state index contributed by atoms with van der Waals surface area (Å²) in [4.78, 5) is 91.7. The fraction of sp³-hybridized carbons (Fsp3) is 0.806. The van der Waals surface area contributed by atoms with Crippen molar-refractivity contribution in [1.29, 1.82) is 0 Å². The first-order valence-electron chi connectivity index (χ1n) is 36.5. The molecule has 6 rings (SSSR count). The number of hydrogen-bond acceptors (Lipinski definition) is 36. The van der Waals surface area contributed by atoms with E-state index in [0.29, 0.717) is 57.8 Å². The second-order valence-electron chi connectivity index (χ2n) is 27.1. The third-order valence-corrected chi connectivity index (χ3v) is 18.6. The van der Waals surface area contributed by atoms with Crippen LogP contribution in [0.2, 0.25) is 0 Å². The molecule has 109 heavy (non-hydrogen) atoms. The first-order chi connectivity index (χ1) is 52.1. The van der Waals surface area contributed by atoms with Crippen LogP contribution >= 0.6 is 0 Å². The molecule has 0 spiro atoms. The molecule has 0 saturated carbocycles. The van der Waals surface area contributed by atoms with Gasteiger partial charge in [-0.25, -0.2) is 0 Å². The molecule has 5 fully saturated rings. The average Bonchev–Trinajstić information content (AvgIpc) is 0.791. The summed E-state index contributed by atoms with van der Waals surface area (Å²) in [6, 6.07) is 8.16. The molecule has 0 aromatic heterocycles. The molecule has 5 heterocycles. The van der Waals surface area contributed by atoms with E-state index in [9.17, 15) is 120 Å². The molecule has 42 heteroatoms. The van der Waals surface area contributed by atoms with E-state index < -0.39 is 228 Å². The Hall–Kier alpha value is -5.45. The Morgan fingerprint density at radius 1 is 0.376 bits per heavy atom. The minimum atomic E-state index is -1.97. The van der Waals surface area contributed by atoms with Crippen LogP contribution in [0.1, 0.15) is 82.6 Å². The van der Waals surface area contributed by atoms with E-state index in [1.54, 1.807) is 0 Å². The Morgan fingerprint density at radius 2 is 0.743 bits per heavy atom. The lowest BCUT2D eigenvalue weighted by Gasteiger charge is -2.46. The van der Waals surface area contributed by atoms with Crippen molar-refractivity contribution in [3.63, 3.8) is 0 Å². The predicted molar refractivity (Wildman–Crippen MR) is 366 cm³/mol. The van der Waals surface area contributed by atoms with Crippen molar-refractivity contribution in [3.8, 4) is 0 Å². The van der Waals surface area contributed by atoms with Crippen molar-refractivity contribution in [1.82, 2.24) is 36.8 Å². The van der Waals surface area contributed by atoms with Gasteiger partial charge in [0.2, 0.25) is 41.4 Å². The number of carbonyl (C=O) groups excluding carboxylic acids is 7. The lowest BCUT2D eigenvalue weighted by atomic mass is 9.96. The largest absolute Gasteiger partial charge is 0.394 e. The molecule has 1 aromatic carbocycles. The van der Waals surface area contributed by atoms with E-state index in [1.165, 1.54) is 4.90 Å². The number of nitrogens with two attached hydrogens (primary N) is 1. The predicted octanol–water partition coefficient (Wildman–Crippen LogP) is -12.1. The average molecular weight is 1570 g/mol. The first kappa shape index (κ1) is 92.4. The molecule has 0 unspecified atom stereocenters. The summed E-state index contributed by atoms with van der Waals surface area (Å²) in [5.41, 5.74) is 6.83. The van der Waals surface area contributed by atoms with Gasteiger partial charge in [0.25, 0.3) is 0 Å². The summed E-state index contributed by atoms with van der Waals surface area (Å²) >= 11 is 0. The van der Waals surface area contributed by atoms with Gasteiger partial charge in [-0.15, -0.1) is 0 Å². The lowest BCUT2D eigenvalue weighted by Crippen LogP contribution is -2.65. The van der Waals surface area contributed by atoms with Crippen molar-refractivity contribution in [2.75, 3.05) is 98.6 Å². The third-order valence-electron chi connectivity index (χ3n) is 18.6. The Balaban J connectivity index is 0.908. The summed E-state index contributed by atoms with van der Waals surface area (Å²) in [5.74, 6) is -3.45. The molecule has 0 aliphatic carbocycles. The number of benzene rings is 1. The van der Waals surface area contributed by atoms with Crippen LogP contribution in [0.15, 0.2) is 30.3 Å². The molecule has 42 nitrogen and oxygen atoms in total. The zero-order chi connectivity index (χ0) is 79.9. The maximum absolute atomic E-state index is 13.3. The van der Waals surface area contributed by atoms with Gasteiger partial charge in [0.15, 0.2) is 31.5 Å². The molecule has 0 bridgehead atoms. The van der Waals surface area contributed by atoms with Gasteiger partial charge in [-0.05, 0) is 50.5 Å². The lowest BCUT2D eigenvalue weighted by molar-refractivity contribution is -0.367. The zero-order valence-electron chi connectivity index (χ0n) is 60.3. The van der Waals surface area contributed by atoms with E-state index in [1.807, 2.05) is 30.3 Å². The maximum atomic E-state index is 13.3. The number of ether oxygens (including phenoxy) is 10. The molecule has 7 amide bonds. The van der Waals surface area contributed by atoms with Crippen molar-refractivity contribution in [3.05, 3.63) is 35.9 Å². The van der Waals surface area contributed by atoms with E-state index >= 15 is 0 Å². The van der Waals surface area contributed by atoms with Crippen LogP contribution in [0.4, 0.5) is 0 Å². The number of hydrogen-bond donors (Lipinski definition) is 24. The monoisotopic (exact) mass is 1570 g/mol. The van der Waals surface area contributed by atoms with Gasteiger partial charge in [-0.3, -0.25) is 43.8 Å². The number of nitrogens with zero attached hydrogens (tertiary/aromatic N) is 1. The van der Waals surface area contributed by atoms with Crippen molar-refractivity contribution >= 4 is 41.4 Å². The fourth-order valence-electron chi connectivity index (χ4n) is 12.3. The molecule has 5 aliphatic rings. The Kier molecular flexibility index (Phi) is 40.6. The number of carbonyl (C=O) groups is 7. The van der Waals surface area contributed by atoms with Gasteiger partial charge in [0.05, 0.1) is 71.9 Å². The van der Waals surface area contributed by atoms with Gasteiger partial charge in [0, 0.05) is 52.0 Å². The highest BCUT2D eigenvalue weighted by Gasteiger charge is 2.54. The molecular formula is C67H112N8O34. The fourth-order valence-corrected chi connectivity index (χ4v) is 12.3. The third kappa shape index (κ3) is 29.2. The number of aliphatic hydroxyl groups is 17. The SMILES string of the molecule is N[C@@H](Cc1ccccc1)C(=O)NC(=O)CCCCCNC(=O)CN(CC(=O)NCCCCCC(=O)NCCO[C@H]1O[C@H](CO[C@H]2O[C@H](CO)[C@@H](O)[C@H](O)[C@@H]2O)[C@@H](O)[C@H](O[C@H]2O[C@H](CO)[C@@H](O)[C@H](O)[C@@H]2O)[C@@H]1O)CC(=O)NCCCCCC(=O)NCCO[C@H]1O[C@H](CO)[C@@H](O)[C@H](O)[C@@H]1O[C@H]1O[C@H](CO)[C@@H](O)[C@H](O)[C@@H]1O. The van der Waals surface area contributed by atoms with Crippen LogP contribution in [0.3, 0.4) is 0 Å². The van der Waals surface area contributed by atoms with E-state index in [2.05, 4.69) is 31.9 Å². The highest BCUT2D eigenvalue weighted by atomic mass is 16.8. The van der Waals surface area contributed by atoms with E-state index in [0.717, 1.165) is 5.56 Å². The molecule has 1 aromatic rings. The molecule has 5 saturated heterocycles. The second kappa shape index (κ2) is 47.9. The molecular weight excluding hydrogens is 1460 g/mol. The minimum Gasteiger partial charge on any atom is -0.394 e. The maximum Gasteiger partial charge on any atom is 0.243 e. The normalized spacial score (nSPS) is 33.0. The zero-order valence-corrected chi connectivity index (χ0v) is 60.3. The summed E-state index contributed by atoms with van der Waals surface area (Å²) in [7, 11) is 0. The number of unbranched alkanes of at least 4 members (excludes halogenated alkanes) is 6. The number of imide groups is 1. The van der Waals surface area contributed by atoms with Crippen LogP contribution in [0.25, 0.3) is 0 Å². The number of amides is 7. The van der Waals surface area contributed by atoms with Crippen LogP contribution in [0, 0.1) is 0 Å². The van der Waals surface area contributed by atoms with Crippen LogP contribution in [-0.2, 0) is 87.4 Å². The Labute approximate surface area is 627 Å². The standard InChI is InChI=1S/C67H112N8O34/c68-35(25-34-13-5-1-6-14-34)62(99)74-43(82)17-9-4-12-20-71-46(85)28-75(27-45(84)70-19-11-3-8-16-42(81)73-22-24-101-67-61(55(94)50(89)39(32-79)106-67)109-66-58(97)54(93)49(88)38(31-78)105-66)26-44(83)69-18-10-2-7-15-41(80)72-21-23-100-64-59(98)60(108-65-57(96)53(92)48(87)37(30-77)104-65)51(90)40(107-64)33-102-63-56(95)52(91)47(86)36(29-76)103-63/h1,5-6,13-14,35-40,47-61,63-67,76-79,86-98H,2-4,7-12,15-33,68H2,(H,69,83)(H,70,84)(H,71,85)(H,72,80)(H,73,81)(H,74,82,99)/t35-,36+,37+,38+,39+,40+,47+,48+,49+,50+,51+,52-,53-,54-,55-,56-,57-,58-,59-,60-,61-,63-,64-,65+,66+,67-/m0/s1. The van der Waals surface area contributed by atoms with Crippen molar-refractivity contribution < 1.29 is 168 Å². The van der Waals surface area contributed by atoms with Gasteiger partial charge in [-0.2, -0.15) is 0 Å². The number of aliphatic hydroxyl groups excluding tert-OH is 17. The van der Waals surface area contributed by atoms with Gasteiger partial charge < -0.3 is 166 Å². The highest BCUT2D eigenvalue weighted by molar-refractivity contribution is 5.97. The Morgan fingerprint density at radius 3 is 1.19 bits per heavy atom. The molecule has 0 radical (unpaired) electrons. The number of nitrogens with one attached hydrogen (secondary N) is 6. The summed E-state index contributed by atoms with van der Waals surface area (Å²) in [6.07, 6.45) is -38.4. The van der Waals surface area contributed by atoms with Crippen molar-refractivity contribution in [2.45, 2.75) is 243 Å². The molecule has 26 atom stereocenters. The van der Waals surface area contributed by atoms with Crippen LogP contribution in [-0.4, -0.2) is 391 Å². The summed E-state index contributed by atoms with van der Waals surface area (Å²) in [6.45, 7) is -5.26. The Bertz CT molecular complexity index is 2870. The number of rotatable bonds is 46. The topological polar surface area (TPSA) is 657 Å². The van der Waals surface area contributed by atoms with Gasteiger partial charge >= 0.3 is 0 Å². The molecule has 5 aliphatic heterocycles. The second-order valence-corrected chi connectivity index (χ2v) is 27.1. The smallest absolute Gasteiger partial charge is 0.243 e. The quantitative estimate of drug-likeness (QED) is 0.0270. The van der Waals surface area contributed by atoms with Gasteiger partial charge in [0.1, 0.15) is 122 Å². The highest BCUT2D eigenvalue weighted by Crippen LogP contribution is 2.33. The van der Waals surface area contributed by atoms with E-state index in [4.69, 9.17) is 53.1 Å². The first-order valence-corrected chi connectivity index (χ1v) is 36.5. The summed E-state index contributed by atoms with van der Waals surface area (Å²) in [5, 5.41) is 192. The van der Waals surface area contributed by atoms with Crippen molar-refractivity contribution in [2.24, 2.45) is 5.73 Å². The van der Waals surface area contributed by atoms with E-state index in [-0.39, 0.29) is 97.2 Å².